The molecule has 3 rings (SSSR count). The van der Waals surface area contributed by atoms with Crippen LogP contribution in [0.3, 0.4) is 0 Å². The van der Waals surface area contributed by atoms with Gasteiger partial charge >= 0.3 is 6.03 Å². The Hall–Kier alpha value is -2.60. The Labute approximate surface area is 175 Å². The number of benzene rings is 2. The average Bonchev–Trinajstić information content (AvgIpc) is 2.72. The van der Waals surface area contributed by atoms with Crippen LogP contribution in [-0.4, -0.2) is 29.9 Å². The maximum absolute atomic E-state index is 13.2. The SMILES string of the molecule is O=C(CC[C@@H]1CCCN(C(=O)Nc2ccc(Cl)cc2)C1)NCc1cccc(F)c1. The van der Waals surface area contributed by atoms with Gasteiger partial charge < -0.3 is 15.5 Å². The minimum absolute atomic E-state index is 0.0583. The third-order valence-electron chi connectivity index (χ3n) is 5.06. The maximum atomic E-state index is 13.2. The monoisotopic (exact) mass is 417 g/mol. The van der Waals surface area contributed by atoms with Gasteiger partial charge in [-0.3, -0.25) is 4.79 Å². The Morgan fingerprint density at radius 1 is 1.17 bits per heavy atom. The maximum Gasteiger partial charge on any atom is 0.321 e. The van der Waals surface area contributed by atoms with E-state index in [0.717, 1.165) is 24.8 Å². The van der Waals surface area contributed by atoms with Crippen LogP contribution in [0, 0.1) is 11.7 Å². The van der Waals surface area contributed by atoms with Gasteiger partial charge in [-0.2, -0.15) is 0 Å². The number of likely N-dealkylation sites (tertiary alicyclic amines) is 1. The zero-order valence-corrected chi connectivity index (χ0v) is 16.9. The molecule has 2 aromatic carbocycles. The van der Waals surface area contributed by atoms with Crippen LogP contribution in [0.15, 0.2) is 48.5 Å². The second-order valence-corrected chi connectivity index (χ2v) is 7.77. The van der Waals surface area contributed by atoms with Crippen LogP contribution in [0.1, 0.15) is 31.2 Å². The lowest BCUT2D eigenvalue weighted by molar-refractivity contribution is -0.121. The van der Waals surface area contributed by atoms with Gasteiger partial charge in [-0.15, -0.1) is 0 Å². The molecule has 1 aliphatic heterocycles. The molecule has 0 aromatic heterocycles. The number of piperidine rings is 1. The Bertz CT molecular complexity index is 844. The highest BCUT2D eigenvalue weighted by molar-refractivity contribution is 6.30. The number of hydrogen-bond donors (Lipinski definition) is 2. The molecule has 29 heavy (non-hydrogen) atoms. The van der Waals surface area contributed by atoms with Crippen LogP contribution in [-0.2, 0) is 11.3 Å². The molecule has 0 unspecified atom stereocenters. The smallest absolute Gasteiger partial charge is 0.321 e. The summed E-state index contributed by atoms with van der Waals surface area (Å²) in [4.78, 5) is 26.4. The van der Waals surface area contributed by atoms with E-state index >= 15 is 0 Å². The van der Waals surface area contributed by atoms with E-state index in [4.69, 9.17) is 11.6 Å². The van der Waals surface area contributed by atoms with E-state index in [1.165, 1.54) is 12.1 Å². The van der Waals surface area contributed by atoms with Crippen molar-refractivity contribution in [3.05, 3.63) is 64.9 Å². The highest BCUT2D eigenvalue weighted by Crippen LogP contribution is 2.22. The van der Waals surface area contributed by atoms with Crippen molar-refractivity contribution in [2.45, 2.75) is 32.2 Å². The molecule has 1 atom stereocenters. The van der Waals surface area contributed by atoms with Gasteiger partial charge in [0.15, 0.2) is 0 Å². The van der Waals surface area contributed by atoms with Crippen LogP contribution < -0.4 is 10.6 Å². The second-order valence-electron chi connectivity index (χ2n) is 7.34. The van der Waals surface area contributed by atoms with Crippen molar-refractivity contribution in [3.8, 4) is 0 Å². The van der Waals surface area contributed by atoms with E-state index in [9.17, 15) is 14.0 Å². The second kappa shape index (κ2) is 10.3. The first-order valence-electron chi connectivity index (χ1n) is 9.82. The fourth-order valence-corrected chi connectivity index (χ4v) is 3.62. The summed E-state index contributed by atoms with van der Waals surface area (Å²) in [6, 6.07) is 13.1. The van der Waals surface area contributed by atoms with Gasteiger partial charge in [0, 0.05) is 36.8 Å². The lowest BCUT2D eigenvalue weighted by atomic mass is 9.93. The van der Waals surface area contributed by atoms with Crippen molar-refractivity contribution in [1.29, 1.82) is 0 Å². The quantitative estimate of drug-likeness (QED) is 0.707. The van der Waals surface area contributed by atoms with Crippen LogP contribution in [0.25, 0.3) is 0 Å². The Kier molecular flexibility index (Phi) is 7.47. The third-order valence-corrected chi connectivity index (χ3v) is 5.31. The average molecular weight is 418 g/mol. The predicted octanol–water partition coefficient (Wildman–Crippen LogP) is 4.82. The summed E-state index contributed by atoms with van der Waals surface area (Å²) in [6.07, 6.45) is 3.04. The van der Waals surface area contributed by atoms with Crippen LogP contribution in [0.4, 0.5) is 14.9 Å². The largest absolute Gasteiger partial charge is 0.352 e. The fourth-order valence-electron chi connectivity index (χ4n) is 3.49. The van der Waals surface area contributed by atoms with Crippen molar-refractivity contribution in [3.63, 3.8) is 0 Å². The molecule has 1 saturated heterocycles. The molecule has 0 aliphatic carbocycles. The van der Waals surface area contributed by atoms with Gasteiger partial charge in [-0.25, -0.2) is 9.18 Å². The van der Waals surface area contributed by atoms with Gasteiger partial charge in [0.05, 0.1) is 0 Å². The number of nitrogens with one attached hydrogen (secondary N) is 2. The van der Waals surface area contributed by atoms with Gasteiger partial charge in [-0.1, -0.05) is 23.7 Å². The van der Waals surface area contributed by atoms with Crippen molar-refractivity contribution in [1.82, 2.24) is 10.2 Å². The summed E-state index contributed by atoms with van der Waals surface area (Å²) in [5, 5.41) is 6.34. The van der Waals surface area contributed by atoms with Crippen molar-refractivity contribution < 1.29 is 14.0 Å². The standard InChI is InChI=1S/C22H25ClFN3O2/c23-18-7-9-20(10-8-18)26-22(29)27-12-2-4-16(15-27)6-11-21(28)25-14-17-3-1-5-19(24)13-17/h1,3,5,7-10,13,16H,2,4,6,11-12,14-15H2,(H,25,28)(H,26,29)/t16-/m0/s1. The number of carbonyl (C=O) groups excluding carboxylic acids is 2. The zero-order chi connectivity index (χ0) is 20.6. The van der Waals surface area contributed by atoms with Gasteiger partial charge in [0.25, 0.3) is 0 Å². The molecule has 0 bridgehead atoms. The predicted molar refractivity (Wildman–Crippen MR) is 112 cm³/mol. The topological polar surface area (TPSA) is 61.4 Å². The molecular formula is C22H25ClFN3O2. The van der Waals surface area contributed by atoms with E-state index in [1.54, 1.807) is 41.3 Å². The molecule has 1 fully saturated rings. The normalized spacial score (nSPS) is 16.3. The molecule has 7 heteroatoms. The van der Waals surface area contributed by atoms with Gasteiger partial charge in [0.1, 0.15) is 5.82 Å². The molecule has 0 spiro atoms. The summed E-state index contributed by atoms with van der Waals surface area (Å²) in [7, 11) is 0. The number of halogens is 2. The first-order chi connectivity index (χ1) is 14.0. The molecule has 1 aliphatic rings. The number of urea groups is 1. The van der Waals surface area contributed by atoms with E-state index < -0.39 is 0 Å². The molecule has 154 valence electrons. The number of amides is 3. The zero-order valence-electron chi connectivity index (χ0n) is 16.2. The van der Waals surface area contributed by atoms with E-state index in [1.807, 2.05) is 0 Å². The molecule has 2 aromatic rings. The molecule has 1 heterocycles. The minimum Gasteiger partial charge on any atom is -0.352 e. The van der Waals surface area contributed by atoms with Crippen LogP contribution in [0.5, 0.6) is 0 Å². The molecule has 3 amide bonds. The van der Waals surface area contributed by atoms with Crippen LogP contribution >= 0.6 is 11.6 Å². The van der Waals surface area contributed by atoms with E-state index in [0.29, 0.717) is 42.7 Å². The van der Waals surface area contributed by atoms with Crippen molar-refractivity contribution in [2.24, 2.45) is 5.92 Å². The Balaban J connectivity index is 1.41. The highest BCUT2D eigenvalue weighted by Gasteiger charge is 2.24. The summed E-state index contributed by atoms with van der Waals surface area (Å²) in [6.45, 7) is 1.66. The fraction of sp³-hybridized carbons (Fsp3) is 0.364. The number of rotatable bonds is 6. The van der Waals surface area contributed by atoms with Crippen molar-refractivity contribution >= 4 is 29.2 Å². The summed E-state index contributed by atoms with van der Waals surface area (Å²) < 4.78 is 13.2. The first kappa shape index (κ1) is 21.1. The molecule has 5 nitrogen and oxygen atoms in total. The molecule has 2 N–H and O–H groups in total. The number of anilines is 1. The number of nitrogens with zero attached hydrogens (tertiary/aromatic N) is 1. The lowest BCUT2D eigenvalue weighted by Crippen LogP contribution is -2.42. The summed E-state index contributed by atoms with van der Waals surface area (Å²) in [5.41, 5.74) is 1.44. The lowest BCUT2D eigenvalue weighted by Gasteiger charge is -2.32. The van der Waals surface area contributed by atoms with Crippen LogP contribution in [0.2, 0.25) is 5.02 Å². The molecule has 0 radical (unpaired) electrons. The summed E-state index contributed by atoms with van der Waals surface area (Å²) in [5.74, 6) is -0.0763. The van der Waals surface area contributed by atoms with Gasteiger partial charge in [0.2, 0.25) is 5.91 Å². The number of carbonyl (C=O) groups is 2. The Morgan fingerprint density at radius 3 is 2.72 bits per heavy atom. The first-order valence-corrected chi connectivity index (χ1v) is 10.2. The molecule has 0 saturated carbocycles. The highest BCUT2D eigenvalue weighted by atomic mass is 35.5. The third kappa shape index (κ3) is 6.75. The van der Waals surface area contributed by atoms with E-state index in [2.05, 4.69) is 10.6 Å². The van der Waals surface area contributed by atoms with Crippen molar-refractivity contribution in [2.75, 3.05) is 18.4 Å². The Morgan fingerprint density at radius 2 is 1.97 bits per heavy atom. The minimum atomic E-state index is -0.309. The van der Waals surface area contributed by atoms with Gasteiger partial charge in [-0.05, 0) is 67.1 Å². The van der Waals surface area contributed by atoms with E-state index in [-0.39, 0.29) is 17.8 Å². The summed E-state index contributed by atoms with van der Waals surface area (Å²) >= 11 is 5.87. The number of hydrogen-bond acceptors (Lipinski definition) is 2. The molecular weight excluding hydrogens is 393 g/mol.